The van der Waals surface area contributed by atoms with Gasteiger partial charge in [0.1, 0.15) is 11.2 Å². The Morgan fingerprint density at radius 1 is 1.03 bits per heavy atom. The largest absolute Gasteiger partial charge is 0.486 e. The highest BCUT2D eigenvalue weighted by atomic mass is 35.5. The van der Waals surface area contributed by atoms with Crippen LogP contribution in [0.2, 0.25) is 5.02 Å². The van der Waals surface area contributed by atoms with Crippen LogP contribution in [0.4, 0.5) is 11.4 Å². The number of carbonyl (C=O) groups excluding carboxylic acids is 1. The van der Waals surface area contributed by atoms with Crippen molar-refractivity contribution in [3.8, 4) is 11.4 Å². The van der Waals surface area contributed by atoms with Crippen LogP contribution in [0.1, 0.15) is 69.3 Å². The van der Waals surface area contributed by atoms with Crippen LogP contribution in [-0.2, 0) is 10.0 Å². The van der Waals surface area contributed by atoms with Crippen LogP contribution >= 0.6 is 11.6 Å². The van der Waals surface area contributed by atoms with Gasteiger partial charge in [-0.3, -0.25) is 19.8 Å². The molecule has 0 saturated carbocycles. The first kappa shape index (κ1) is 44.4. The maximum absolute atomic E-state index is 14.2. The maximum atomic E-state index is 14.2. The normalized spacial score (nSPS) is 18.6. The minimum absolute atomic E-state index is 0.0320. The molecule has 6 aromatic rings. The van der Waals surface area contributed by atoms with Crippen molar-refractivity contribution in [3.05, 3.63) is 117 Å². The highest BCUT2D eigenvalue weighted by Crippen LogP contribution is 2.43. The number of nitrogens with one attached hydrogen (secondary N) is 2. The summed E-state index contributed by atoms with van der Waals surface area (Å²) in [5.41, 5.74) is 6.96. The van der Waals surface area contributed by atoms with Crippen LogP contribution in [-0.4, -0.2) is 107 Å². The van der Waals surface area contributed by atoms with Crippen LogP contribution in [0.15, 0.2) is 95.7 Å². The summed E-state index contributed by atoms with van der Waals surface area (Å²) in [4.78, 5) is 40.2. The van der Waals surface area contributed by atoms with Gasteiger partial charge in [-0.1, -0.05) is 43.2 Å². The van der Waals surface area contributed by atoms with E-state index in [9.17, 15) is 23.3 Å². The van der Waals surface area contributed by atoms with E-state index in [0.29, 0.717) is 28.4 Å². The third-order valence-electron chi connectivity index (χ3n) is 13.2. The lowest BCUT2D eigenvalue weighted by Crippen LogP contribution is -2.47. The van der Waals surface area contributed by atoms with Crippen LogP contribution in [0.25, 0.3) is 33.3 Å². The Kier molecular flexibility index (Phi) is 12.2. The summed E-state index contributed by atoms with van der Waals surface area (Å²) in [6.45, 7) is 14.9. The summed E-state index contributed by atoms with van der Waals surface area (Å²) in [5, 5.41) is 18.4. The van der Waals surface area contributed by atoms with Gasteiger partial charge < -0.3 is 19.5 Å². The molecule has 5 heterocycles. The molecule has 3 aliphatic rings. The second-order valence-corrected chi connectivity index (χ2v) is 20.8. The molecule has 15 nitrogen and oxygen atoms in total. The lowest BCUT2D eigenvalue weighted by molar-refractivity contribution is -0.386. The molecule has 1 amide bonds. The first-order chi connectivity index (χ1) is 31.1. The number of hydrogen-bond donors (Lipinski definition) is 2. The second kappa shape index (κ2) is 17.9. The molecule has 0 radical (unpaired) electrons. The van der Waals surface area contributed by atoms with Crippen molar-refractivity contribution < 1.29 is 22.9 Å². The van der Waals surface area contributed by atoms with Crippen LogP contribution < -0.4 is 14.4 Å². The zero-order valence-corrected chi connectivity index (χ0v) is 38.7. The second-order valence-electron chi connectivity index (χ2n) is 18.6. The van der Waals surface area contributed by atoms with Crippen LogP contribution in [0.3, 0.4) is 0 Å². The molecule has 2 aliphatic heterocycles. The van der Waals surface area contributed by atoms with Gasteiger partial charge >= 0.3 is 5.69 Å². The molecule has 9 rings (SSSR count). The summed E-state index contributed by atoms with van der Waals surface area (Å²) < 4.78 is 37.4. The van der Waals surface area contributed by atoms with Crippen LogP contribution in [0, 0.1) is 21.4 Å². The Morgan fingerprint density at radius 3 is 2.55 bits per heavy atom. The highest BCUT2D eigenvalue weighted by molar-refractivity contribution is 7.90. The fraction of sp³-hybridized carbons (Fsp3) is 0.396. The minimum Gasteiger partial charge on any atom is -0.486 e. The number of ether oxygens (including phenoxy) is 1. The third kappa shape index (κ3) is 9.48. The van der Waals surface area contributed by atoms with E-state index in [4.69, 9.17) is 21.3 Å². The first-order valence-corrected chi connectivity index (χ1v) is 24.1. The number of H-pyrrole nitrogens is 1. The predicted octanol–water partition coefficient (Wildman–Crippen LogP) is 8.48. The Bertz CT molecular complexity index is 2920. The lowest BCUT2D eigenvalue weighted by Gasteiger charge is -2.39. The fourth-order valence-corrected chi connectivity index (χ4v) is 10.6. The summed E-state index contributed by atoms with van der Waals surface area (Å²) in [6, 6.07) is 21.1. The number of likely N-dealkylation sites (tertiary alicyclic amines) is 1. The number of carbonyl (C=O) groups is 1. The minimum atomic E-state index is -4.59. The van der Waals surface area contributed by atoms with Gasteiger partial charge in [-0.25, -0.2) is 22.8 Å². The number of hydrogen-bond acceptors (Lipinski definition) is 11. The zero-order chi connectivity index (χ0) is 45.6. The molecule has 2 N–H and O–H groups in total. The van der Waals surface area contributed by atoms with E-state index >= 15 is 0 Å². The molecule has 3 aromatic heterocycles. The van der Waals surface area contributed by atoms with Crippen molar-refractivity contribution in [2.75, 3.05) is 57.3 Å². The first-order valence-electron chi connectivity index (χ1n) is 22.2. The summed E-state index contributed by atoms with van der Waals surface area (Å²) in [6.07, 6.45) is 7.49. The third-order valence-corrected chi connectivity index (χ3v) is 14.8. The van der Waals surface area contributed by atoms with Crippen molar-refractivity contribution in [3.63, 3.8) is 0 Å². The van der Waals surface area contributed by atoms with Gasteiger partial charge in [0.05, 0.1) is 39.4 Å². The van der Waals surface area contributed by atoms with Crippen molar-refractivity contribution in [1.29, 1.82) is 0 Å². The lowest BCUT2D eigenvalue weighted by atomic mass is 9.72. The molecule has 1 atom stereocenters. The fourth-order valence-electron chi connectivity index (χ4n) is 9.44. The van der Waals surface area contributed by atoms with Crippen LogP contribution in [0.5, 0.6) is 5.75 Å². The number of pyridine rings is 1. The number of rotatable bonds is 13. The number of halogens is 1. The highest BCUT2D eigenvalue weighted by Gasteiger charge is 2.32. The number of sulfonamides is 1. The SMILES string of the molecule is CC(C)N1CCC(COc2ccc(S(=O)(=O)NC(=O)c3ccc(N4CCN(CC5=C(c6ccc(Cl)cc6)CC(C)(C)CC5)CC4)cc3-n3ncc4nc5[nH]ccc5cc43)cc2[N+](=O)[O-])C1. The van der Waals surface area contributed by atoms with E-state index in [1.807, 2.05) is 36.4 Å². The van der Waals surface area contributed by atoms with E-state index < -0.39 is 31.4 Å². The van der Waals surface area contributed by atoms with Crippen molar-refractivity contribution >= 4 is 66.5 Å². The Labute approximate surface area is 383 Å². The average molecular weight is 921 g/mol. The van der Waals surface area contributed by atoms with Gasteiger partial charge in [0.15, 0.2) is 5.75 Å². The van der Waals surface area contributed by atoms with Gasteiger partial charge in [0, 0.05) is 79.6 Å². The number of amides is 1. The molecule has 340 valence electrons. The Balaban J connectivity index is 0.965. The molecule has 2 saturated heterocycles. The Morgan fingerprint density at radius 2 is 1.82 bits per heavy atom. The number of allylic oxidation sites excluding steroid dienone is 1. The molecule has 1 aliphatic carbocycles. The molecule has 1 unspecified atom stereocenters. The summed E-state index contributed by atoms with van der Waals surface area (Å²) in [5.74, 6) is -0.765. The molecule has 0 spiro atoms. The number of aromatic nitrogens is 4. The number of anilines is 1. The van der Waals surface area contributed by atoms with Gasteiger partial charge in [0.2, 0.25) is 0 Å². The molecular weight excluding hydrogens is 866 g/mol. The van der Waals surface area contributed by atoms with Gasteiger partial charge in [-0.15, -0.1) is 0 Å². The maximum Gasteiger partial charge on any atom is 0.312 e. The van der Waals surface area contributed by atoms with E-state index in [-0.39, 0.29) is 29.3 Å². The number of nitro groups is 1. The standard InChI is InChI=1S/C48H54ClN9O6S/c1-31(2)56-18-15-32(28-56)30-64-45-12-10-38(25-44(45)58(60)61)65(62,63)53-47(59)39-11-9-37(24-42(39)57-43-23-34-14-17-50-46(34)52-41(43)27-51-57)55-21-19-54(20-22-55)29-35-13-16-48(3,4)26-40(35)33-5-7-36(49)8-6-33/h5-12,14,17,23-25,27,31-32H,13,15-16,18-22,26,28-30H2,1-4H3,(H,50,52)(H,53,59). The summed E-state index contributed by atoms with van der Waals surface area (Å²) in [7, 11) is -4.59. The molecule has 3 aromatic carbocycles. The number of nitro benzene ring substituents is 1. The predicted molar refractivity (Wildman–Crippen MR) is 253 cm³/mol. The number of piperazine rings is 1. The summed E-state index contributed by atoms with van der Waals surface area (Å²) >= 11 is 6.26. The molecule has 65 heavy (non-hydrogen) atoms. The number of fused-ring (bicyclic) bond motifs is 2. The van der Waals surface area contributed by atoms with E-state index in [1.165, 1.54) is 28.8 Å². The molecule has 17 heteroatoms. The quantitative estimate of drug-likeness (QED) is 0.0841. The van der Waals surface area contributed by atoms with Crippen molar-refractivity contribution in [2.45, 2.75) is 64.3 Å². The van der Waals surface area contributed by atoms with Crippen molar-refractivity contribution in [2.24, 2.45) is 11.3 Å². The number of aromatic amines is 1. The van der Waals surface area contributed by atoms with E-state index in [1.54, 1.807) is 23.1 Å². The van der Waals surface area contributed by atoms with Gasteiger partial charge in [0.25, 0.3) is 15.9 Å². The molecule has 0 bridgehead atoms. The van der Waals surface area contributed by atoms with Gasteiger partial charge in [-0.2, -0.15) is 5.10 Å². The number of nitrogens with zero attached hydrogens (tertiary/aromatic N) is 7. The average Bonchev–Trinajstić information content (AvgIpc) is 4.06. The molecular formula is C48H54ClN9O6S. The smallest absolute Gasteiger partial charge is 0.312 e. The van der Waals surface area contributed by atoms with Crippen molar-refractivity contribution in [1.82, 2.24) is 34.3 Å². The molecule has 2 fully saturated rings. The Hall–Kier alpha value is -5.81. The monoisotopic (exact) mass is 919 g/mol. The van der Waals surface area contributed by atoms with E-state index in [2.05, 4.69) is 69.3 Å². The number of benzene rings is 3. The van der Waals surface area contributed by atoms with Gasteiger partial charge in [-0.05, 0) is 117 Å². The zero-order valence-electron chi connectivity index (χ0n) is 37.1. The van der Waals surface area contributed by atoms with E-state index in [0.717, 1.165) is 93.7 Å². The topological polar surface area (TPSA) is 172 Å².